The molecule has 0 aliphatic carbocycles. The van der Waals surface area contributed by atoms with Gasteiger partial charge in [-0.25, -0.2) is 0 Å². The van der Waals surface area contributed by atoms with Crippen molar-refractivity contribution in [2.24, 2.45) is 5.41 Å². The molecule has 3 aromatic rings. The molecule has 2 atom stereocenters. The van der Waals surface area contributed by atoms with Crippen LogP contribution in [-0.2, 0) is 4.79 Å². The summed E-state index contributed by atoms with van der Waals surface area (Å²) in [6.07, 6.45) is 1.77. The average molecular weight is 465 g/mol. The Morgan fingerprint density at radius 1 is 1.21 bits per heavy atom. The molecule has 1 fully saturated rings. The molecule has 2 aromatic heterocycles. The van der Waals surface area contributed by atoms with Gasteiger partial charge in [0.2, 0.25) is 5.91 Å². The number of benzene rings is 1. The van der Waals surface area contributed by atoms with E-state index in [9.17, 15) is 4.79 Å². The highest BCUT2D eigenvalue weighted by atomic mass is 32.1. The minimum atomic E-state index is -0.526. The van der Waals surface area contributed by atoms with Crippen molar-refractivity contribution in [2.75, 3.05) is 17.3 Å². The van der Waals surface area contributed by atoms with Crippen molar-refractivity contribution in [3.05, 3.63) is 71.9 Å². The van der Waals surface area contributed by atoms with Gasteiger partial charge in [0.05, 0.1) is 24.5 Å². The second-order valence-corrected chi connectivity index (χ2v) is 9.42. The Bertz CT molecular complexity index is 1170. The zero-order chi connectivity index (χ0) is 23.8. The summed E-state index contributed by atoms with van der Waals surface area (Å²) < 4.78 is 11.6. The summed E-state index contributed by atoms with van der Waals surface area (Å²) >= 11 is 5.75. The van der Waals surface area contributed by atoms with Crippen LogP contribution < -0.4 is 20.3 Å². The lowest BCUT2D eigenvalue weighted by Crippen LogP contribution is -2.30. The smallest absolute Gasteiger partial charge is 0.229 e. The van der Waals surface area contributed by atoms with Gasteiger partial charge in [0.15, 0.2) is 5.11 Å². The van der Waals surface area contributed by atoms with E-state index in [1.54, 1.807) is 13.3 Å². The van der Waals surface area contributed by atoms with Crippen LogP contribution in [0.4, 0.5) is 11.4 Å². The summed E-state index contributed by atoms with van der Waals surface area (Å²) in [5.41, 5.74) is 1.76. The molecule has 1 aliphatic heterocycles. The third kappa shape index (κ3) is 4.57. The third-order valence-corrected chi connectivity index (χ3v) is 5.86. The first-order valence-corrected chi connectivity index (χ1v) is 11.2. The number of furan rings is 1. The SMILES string of the molecule is COc1cc(N2C(=S)N[C@@H](c3ccccn3)[C@H]2c2ccc(C)o2)ccc1NC(=O)C(C)(C)C. The summed E-state index contributed by atoms with van der Waals surface area (Å²) in [6, 6.07) is 14.9. The van der Waals surface area contributed by atoms with E-state index >= 15 is 0 Å². The maximum Gasteiger partial charge on any atom is 0.229 e. The fourth-order valence-corrected chi connectivity index (χ4v) is 4.12. The first-order valence-electron chi connectivity index (χ1n) is 10.8. The lowest BCUT2D eigenvalue weighted by molar-refractivity contribution is -0.123. The monoisotopic (exact) mass is 464 g/mol. The largest absolute Gasteiger partial charge is 0.494 e. The summed E-state index contributed by atoms with van der Waals surface area (Å²) in [6.45, 7) is 7.52. The number of carbonyl (C=O) groups is 1. The summed E-state index contributed by atoms with van der Waals surface area (Å²) in [7, 11) is 1.58. The highest BCUT2D eigenvalue weighted by Gasteiger charge is 2.42. The van der Waals surface area contributed by atoms with Crippen LogP contribution in [0.2, 0.25) is 0 Å². The fraction of sp³-hybridized carbons (Fsp3) is 0.320. The molecule has 0 unspecified atom stereocenters. The van der Waals surface area contributed by atoms with Crippen molar-refractivity contribution < 1.29 is 13.9 Å². The summed E-state index contributed by atoms with van der Waals surface area (Å²) in [4.78, 5) is 19.1. The predicted octanol–water partition coefficient (Wildman–Crippen LogP) is 5.15. The van der Waals surface area contributed by atoms with Crippen molar-refractivity contribution in [3.63, 3.8) is 0 Å². The molecule has 0 radical (unpaired) electrons. The molecular weight excluding hydrogens is 436 g/mol. The van der Waals surface area contributed by atoms with Gasteiger partial charge in [-0.2, -0.15) is 0 Å². The topological polar surface area (TPSA) is 79.6 Å². The number of anilines is 2. The van der Waals surface area contributed by atoms with Gasteiger partial charge in [0, 0.05) is 23.4 Å². The second-order valence-electron chi connectivity index (χ2n) is 9.03. The van der Waals surface area contributed by atoms with Crippen LogP contribution in [0, 0.1) is 12.3 Å². The quantitative estimate of drug-likeness (QED) is 0.505. The van der Waals surface area contributed by atoms with E-state index < -0.39 is 5.41 Å². The van der Waals surface area contributed by atoms with Crippen LogP contribution in [0.1, 0.15) is 50.1 Å². The first-order chi connectivity index (χ1) is 15.7. The molecule has 4 rings (SSSR count). The maximum absolute atomic E-state index is 12.5. The molecule has 3 heterocycles. The van der Waals surface area contributed by atoms with E-state index in [1.807, 2.05) is 81.1 Å². The number of pyridine rings is 1. The zero-order valence-electron chi connectivity index (χ0n) is 19.4. The van der Waals surface area contributed by atoms with E-state index in [1.165, 1.54) is 0 Å². The molecule has 0 spiro atoms. The van der Waals surface area contributed by atoms with Gasteiger partial charge in [-0.15, -0.1) is 0 Å². The lowest BCUT2D eigenvalue weighted by Gasteiger charge is -2.27. The second kappa shape index (κ2) is 8.86. The minimum absolute atomic E-state index is 0.0916. The molecule has 2 N–H and O–H groups in total. The fourth-order valence-electron chi connectivity index (χ4n) is 3.78. The number of amides is 1. The molecule has 0 saturated carbocycles. The molecular formula is C25H28N4O3S. The van der Waals surface area contributed by atoms with Crippen LogP contribution in [0.25, 0.3) is 0 Å². The first kappa shape index (κ1) is 22.8. The number of ether oxygens (including phenoxy) is 1. The van der Waals surface area contributed by atoms with Crippen molar-refractivity contribution in [2.45, 2.75) is 39.8 Å². The van der Waals surface area contributed by atoms with E-state index in [-0.39, 0.29) is 18.0 Å². The van der Waals surface area contributed by atoms with Crippen LogP contribution in [0.5, 0.6) is 5.75 Å². The minimum Gasteiger partial charge on any atom is -0.494 e. The number of carbonyl (C=O) groups excluding carboxylic acids is 1. The van der Waals surface area contributed by atoms with Crippen molar-refractivity contribution in [1.29, 1.82) is 0 Å². The number of methoxy groups -OCH3 is 1. The Labute approximate surface area is 199 Å². The molecule has 8 heteroatoms. The van der Waals surface area contributed by atoms with Gasteiger partial charge >= 0.3 is 0 Å². The molecule has 172 valence electrons. The number of hydrogen-bond donors (Lipinski definition) is 2. The third-order valence-electron chi connectivity index (χ3n) is 5.54. The van der Waals surface area contributed by atoms with Crippen LogP contribution in [0.3, 0.4) is 0 Å². The molecule has 1 amide bonds. The van der Waals surface area contributed by atoms with Crippen molar-refractivity contribution >= 4 is 34.6 Å². The molecule has 1 saturated heterocycles. The van der Waals surface area contributed by atoms with Gasteiger partial charge < -0.3 is 24.7 Å². The van der Waals surface area contributed by atoms with E-state index in [0.717, 1.165) is 22.9 Å². The van der Waals surface area contributed by atoms with E-state index in [0.29, 0.717) is 16.5 Å². The lowest BCUT2D eigenvalue weighted by atomic mass is 9.95. The number of nitrogens with one attached hydrogen (secondary N) is 2. The van der Waals surface area contributed by atoms with Gasteiger partial charge in [-0.3, -0.25) is 9.78 Å². The van der Waals surface area contributed by atoms with E-state index in [2.05, 4.69) is 15.6 Å². The molecule has 33 heavy (non-hydrogen) atoms. The molecule has 1 aliphatic rings. The van der Waals surface area contributed by atoms with Crippen LogP contribution >= 0.6 is 12.2 Å². The number of nitrogens with zero attached hydrogens (tertiary/aromatic N) is 2. The van der Waals surface area contributed by atoms with Crippen LogP contribution in [0.15, 0.2) is 59.1 Å². The Morgan fingerprint density at radius 3 is 2.61 bits per heavy atom. The van der Waals surface area contributed by atoms with Crippen molar-refractivity contribution in [1.82, 2.24) is 10.3 Å². The van der Waals surface area contributed by atoms with Crippen molar-refractivity contribution in [3.8, 4) is 5.75 Å². The maximum atomic E-state index is 12.5. The van der Waals surface area contributed by atoms with E-state index in [4.69, 9.17) is 21.4 Å². The van der Waals surface area contributed by atoms with Gasteiger partial charge in [0.25, 0.3) is 0 Å². The molecule has 1 aromatic carbocycles. The normalized spacial score (nSPS) is 18.2. The highest BCUT2D eigenvalue weighted by Crippen LogP contribution is 2.43. The van der Waals surface area contributed by atoms with Crippen LogP contribution in [-0.4, -0.2) is 23.1 Å². The predicted molar refractivity (Wildman–Crippen MR) is 132 cm³/mol. The number of hydrogen-bond acceptors (Lipinski definition) is 5. The number of thiocarbonyl (C=S) groups is 1. The van der Waals surface area contributed by atoms with Gasteiger partial charge in [0.1, 0.15) is 23.3 Å². The summed E-state index contributed by atoms with van der Waals surface area (Å²) in [5.74, 6) is 2.05. The summed E-state index contributed by atoms with van der Waals surface area (Å²) in [5, 5.41) is 6.91. The standard InChI is InChI=1S/C25H28N4O3S/c1-15-9-12-19(32-15)22-21(18-8-6-7-13-26-18)28-24(33)29(22)16-10-11-17(20(14-16)31-5)27-23(30)25(2,3)4/h6-14,21-22H,1-5H3,(H,27,30)(H,28,33)/t21-,22+/m0/s1. The molecule has 0 bridgehead atoms. The number of rotatable bonds is 5. The Balaban J connectivity index is 1.74. The highest BCUT2D eigenvalue weighted by molar-refractivity contribution is 7.80. The van der Waals surface area contributed by atoms with Gasteiger partial charge in [-0.1, -0.05) is 26.8 Å². The number of aryl methyl sites for hydroxylation is 1. The number of aromatic nitrogens is 1. The zero-order valence-corrected chi connectivity index (χ0v) is 20.2. The average Bonchev–Trinajstić information content (AvgIpc) is 3.36. The Hall–Kier alpha value is -3.39. The molecule has 7 nitrogen and oxygen atoms in total. The van der Waals surface area contributed by atoms with Gasteiger partial charge in [-0.05, 0) is 55.5 Å². The Morgan fingerprint density at radius 2 is 2.00 bits per heavy atom. The Kier molecular flexibility index (Phi) is 6.12.